The number of hydrogen-bond acceptors (Lipinski definition) is 7. The normalized spacial score (nSPS) is 12.7. The average Bonchev–Trinajstić information content (AvgIpc) is 2.91. The van der Waals surface area contributed by atoms with Crippen molar-refractivity contribution in [3.63, 3.8) is 0 Å². The van der Waals surface area contributed by atoms with Crippen molar-refractivity contribution in [3.8, 4) is 11.5 Å². The first-order valence-corrected chi connectivity index (χ1v) is 7.53. The number of thioether (sulfide) groups is 1. The predicted octanol–water partition coefficient (Wildman–Crippen LogP) is 2.13. The fraction of sp³-hybridized carbons (Fsp3) is 0.385. The summed E-state index contributed by atoms with van der Waals surface area (Å²) in [5.74, 6) is 0.118. The molecule has 0 atom stereocenters. The summed E-state index contributed by atoms with van der Waals surface area (Å²) >= 11 is 1.46. The lowest BCUT2D eigenvalue weighted by Gasteiger charge is -2.13. The fourth-order valence-corrected chi connectivity index (χ4v) is 2.56. The molecule has 1 aliphatic carbocycles. The molecule has 0 N–H and O–H groups in total. The van der Waals surface area contributed by atoms with Crippen LogP contribution in [-0.4, -0.2) is 34.0 Å². The molecule has 1 aliphatic rings. The maximum absolute atomic E-state index is 11.8. The SMILES string of the molecule is CCOC(=O)c1noc2c1CCc1cnc(SC)nc1-2. The van der Waals surface area contributed by atoms with Crippen LogP contribution in [0.25, 0.3) is 11.5 Å². The van der Waals surface area contributed by atoms with E-state index in [4.69, 9.17) is 9.26 Å². The minimum absolute atomic E-state index is 0.261. The lowest BCUT2D eigenvalue weighted by atomic mass is 9.94. The van der Waals surface area contributed by atoms with Gasteiger partial charge in [0.2, 0.25) is 0 Å². The third kappa shape index (κ3) is 2.07. The van der Waals surface area contributed by atoms with Crippen LogP contribution < -0.4 is 0 Å². The van der Waals surface area contributed by atoms with Crippen LogP contribution in [0.1, 0.15) is 28.5 Å². The van der Waals surface area contributed by atoms with Gasteiger partial charge in [-0.15, -0.1) is 0 Å². The monoisotopic (exact) mass is 291 g/mol. The first-order chi connectivity index (χ1) is 9.74. The number of carbonyl (C=O) groups excluding carboxylic acids is 1. The molecule has 0 aromatic carbocycles. The fourth-order valence-electron chi connectivity index (χ4n) is 2.22. The van der Waals surface area contributed by atoms with E-state index in [2.05, 4.69) is 15.1 Å². The molecule has 2 heterocycles. The van der Waals surface area contributed by atoms with Gasteiger partial charge in [0.05, 0.1) is 6.61 Å². The highest BCUT2D eigenvalue weighted by atomic mass is 32.2. The van der Waals surface area contributed by atoms with Gasteiger partial charge in [-0.25, -0.2) is 14.8 Å². The summed E-state index contributed by atoms with van der Waals surface area (Å²) in [6.07, 6.45) is 5.17. The van der Waals surface area contributed by atoms with Crippen molar-refractivity contribution in [2.75, 3.05) is 12.9 Å². The van der Waals surface area contributed by atoms with Crippen molar-refractivity contribution in [2.45, 2.75) is 24.9 Å². The molecule has 2 aromatic heterocycles. The Morgan fingerprint density at radius 2 is 2.35 bits per heavy atom. The van der Waals surface area contributed by atoms with Gasteiger partial charge in [-0.3, -0.25) is 0 Å². The molecule has 0 fully saturated rings. The molecule has 0 aliphatic heterocycles. The zero-order chi connectivity index (χ0) is 14.1. The van der Waals surface area contributed by atoms with E-state index in [9.17, 15) is 4.79 Å². The van der Waals surface area contributed by atoms with Crippen LogP contribution >= 0.6 is 11.8 Å². The van der Waals surface area contributed by atoms with Gasteiger partial charge in [0.25, 0.3) is 0 Å². The predicted molar refractivity (Wildman–Crippen MR) is 72.7 cm³/mol. The number of esters is 1. The minimum atomic E-state index is -0.444. The van der Waals surface area contributed by atoms with Crippen LogP contribution in [0.15, 0.2) is 15.9 Å². The van der Waals surface area contributed by atoms with Gasteiger partial charge >= 0.3 is 5.97 Å². The smallest absolute Gasteiger partial charge is 0.360 e. The number of fused-ring (bicyclic) bond motifs is 3. The van der Waals surface area contributed by atoms with Gasteiger partial charge in [-0.2, -0.15) is 0 Å². The Balaban J connectivity index is 2.07. The number of nitrogens with zero attached hydrogens (tertiary/aromatic N) is 3. The van der Waals surface area contributed by atoms with Crippen LogP contribution in [0.4, 0.5) is 0 Å². The Morgan fingerprint density at radius 1 is 1.50 bits per heavy atom. The van der Waals surface area contributed by atoms with E-state index in [-0.39, 0.29) is 5.69 Å². The van der Waals surface area contributed by atoms with E-state index in [0.717, 1.165) is 23.2 Å². The average molecular weight is 291 g/mol. The Kier molecular flexibility index (Phi) is 3.43. The molecule has 0 unspecified atom stereocenters. The van der Waals surface area contributed by atoms with Crippen molar-refractivity contribution >= 4 is 17.7 Å². The summed E-state index contributed by atoms with van der Waals surface area (Å²) in [6, 6.07) is 0. The summed E-state index contributed by atoms with van der Waals surface area (Å²) in [5.41, 5.74) is 2.79. The van der Waals surface area contributed by atoms with Crippen LogP contribution in [0.5, 0.6) is 0 Å². The van der Waals surface area contributed by atoms with Crippen molar-refractivity contribution in [2.24, 2.45) is 0 Å². The van der Waals surface area contributed by atoms with E-state index in [1.54, 1.807) is 6.92 Å². The zero-order valence-electron chi connectivity index (χ0n) is 11.2. The second-order valence-electron chi connectivity index (χ2n) is 4.29. The van der Waals surface area contributed by atoms with Gasteiger partial charge in [0.15, 0.2) is 16.6 Å². The van der Waals surface area contributed by atoms with Crippen LogP contribution in [0.3, 0.4) is 0 Å². The molecule has 0 saturated carbocycles. The zero-order valence-corrected chi connectivity index (χ0v) is 12.0. The lowest BCUT2D eigenvalue weighted by molar-refractivity contribution is 0.0513. The van der Waals surface area contributed by atoms with E-state index < -0.39 is 5.97 Å². The molecular formula is C13H13N3O3S. The van der Waals surface area contributed by atoms with E-state index >= 15 is 0 Å². The number of ether oxygens (including phenoxy) is 1. The minimum Gasteiger partial charge on any atom is -0.461 e. The van der Waals surface area contributed by atoms with E-state index in [1.165, 1.54) is 11.8 Å². The third-order valence-electron chi connectivity index (χ3n) is 3.14. The molecule has 0 amide bonds. The molecule has 0 radical (unpaired) electrons. The molecule has 0 bridgehead atoms. The number of carbonyl (C=O) groups is 1. The van der Waals surface area contributed by atoms with E-state index in [1.807, 2.05) is 12.5 Å². The van der Waals surface area contributed by atoms with Crippen LogP contribution in [0.2, 0.25) is 0 Å². The third-order valence-corrected chi connectivity index (χ3v) is 3.70. The molecule has 3 rings (SSSR count). The molecule has 2 aromatic rings. The Hall–Kier alpha value is -1.89. The molecule has 0 spiro atoms. The van der Waals surface area contributed by atoms with Crippen LogP contribution in [-0.2, 0) is 17.6 Å². The van der Waals surface area contributed by atoms with Crippen molar-refractivity contribution < 1.29 is 14.1 Å². The molecule has 7 heteroatoms. The second-order valence-corrected chi connectivity index (χ2v) is 5.06. The standard InChI is InChI=1S/C13H13N3O3S/c1-3-18-12(17)10-8-5-4-7-6-14-13(20-2)15-9(7)11(8)19-16-10/h6H,3-5H2,1-2H3. The highest BCUT2D eigenvalue weighted by molar-refractivity contribution is 7.98. The molecule has 104 valence electrons. The summed E-state index contributed by atoms with van der Waals surface area (Å²) in [4.78, 5) is 20.5. The number of aryl methyl sites for hydroxylation is 1. The second kappa shape index (κ2) is 5.24. The highest BCUT2D eigenvalue weighted by Crippen LogP contribution is 2.34. The molecule has 6 nitrogen and oxygen atoms in total. The Morgan fingerprint density at radius 3 is 3.10 bits per heavy atom. The Bertz CT molecular complexity index is 669. The van der Waals surface area contributed by atoms with Crippen molar-refractivity contribution in [1.29, 1.82) is 0 Å². The van der Waals surface area contributed by atoms with Gasteiger partial charge in [-0.05, 0) is 26.0 Å². The highest BCUT2D eigenvalue weighted by Gasteiger charge is 2.29. The maximum atomic E-state index is 11.8. The first-order valence-electron chi connectivity index (χ1n) is 6.30. The summed E-state index contributed by atoms with van der Waals surface area (Å²) in [6.45, 7) is 2.08. The number of hydrogen-bond donors (Lipinski definition) is 0. The van der Waals surface area contributed by atoms with Crippen molar-refractivity contribution in [3.05, 3.63) is 23.0 Å². The lowest BCUT2D eigenvalue weighted by Crippen LogP contribution is -2.11. The van der Waals surface area contributed by atoms with Gasteiger partial charge in [-0.1, -0.05) is 16.9 Å². The topological polar surface area (TPSA) is 78.1 Å². The molecular weight excluding hydrogens is 278 g/mol. The summed E-state index contributed by atoms with van der Waals surface area (Å²) in [5, 5.41) is 4.53. The molecule has 20 heavy (non-hydrogen) atoms. The van der Waals surface area contributed by atoms with Gasteiger partial charge in [0.1, 0.15) is 5.69 Å². The largest absolute Gasteiger partial charge is 0.461 e. The number of rotatable bonds is 3. The van der Waals surface area contributed by atoms with Crippen molar-refractivity contribution in [1.82, 2.24) is 15.1 Å². The quantitative estimate of drug-likeness (QED) is 0.487. The first kappa shape index (κ1) is 13.1. The number of aromatic nitrogens is 3. The van der Waals surface area contributed by atoms with Crippen LogP contribution in [0, 0.1) is 0 Å². The van der Waals surface area contributed by atoms with Gasteiger partial charge < -0.3 is 9.26 Å². The molecule has 0 saturated heterocycles. The van der Waals surface area contributed by atoms with Gasteiger partial charge in [0, 0.05) is 17.3 Å². The van der Waals surface area contributed by atoms with E-state index in [0.29, 0.717) is 23.9 Å². The maximum Gasteiger partial charge on any atom is 0.360 e. The summed E-state index contributed by atoms with van der Waals surface area (Å²) < 4.78 is 10.3. The summed E-state index contributed by atoms with van der Waals surface area (Å²) in [7, 11) is 0. The Labute approximate surface area is 119 Å².